The third-order valence-corrected chi connectivity index (χ3v) is 6.80. The third kappa shape index (κ3) is 6.09. The van der Waals surface area contributed by atoms with Crippen LogP contribution in [0.4, 0.5) is 17.1 Å². The summed E-state index contributed by atoms with van der Waals surface area (Å²) >= 11 is 5.82. The first kappa shape index (κ1) is 24.2. The minimum Gasteiger partial charge on any atom is -0.326 e. The van der Waals surface area contributed by atoms with Crippen molar-refractivity contribution >= 4 is 50.5 Å². The van der Waals surface area contributed by atoms with Gasteiger partial charge in [0.15, 0.2) is 0 Å². The zero-order valence-corrected chi connectivity index (χ0v) is 19.6. The van der Waals surface area contributed by atoms with Gasteiger partial charge in [0.2, 0.25) is 5.91 Å². The van der Waals surface area contributed by atoms with Crippen LogP contribution < -0.4 is 15.4 Å². The fraction of sp³-hybridized carbons (Fsp3) is 0.174. The Hall–Kier alpha value is -3.43. The molecule has 0 saturated carbocycles. The predicted molar refractivity (Wildman–Crippen MR) is 129 cm³/mol. The number of hydrogen-bond acceptors (Lipinski definition) is 5. The molecule has 0 bridgehead atoms. The summed E-state index contributed by atoms with van der Waals surface area (Å²) in [6.07, 6.45) is 2.92. The summed E-state index contributed by atoms with van der Waals surface area (Å²) in [7, 11) is -4.02. The van der Waals surface area contributed by atoms with Crippen LogP contribution in [0.5, 0.6) is 0 Å². The molecule has 1 aromatic heterocycles. The summed E-state index contributed by atoms with van der Waals surface area (Å²) in [5.41, 5.74) is 0.480. The molecular weight excluding hydrogens is 464 g/mol. The number of benzene rings is 2. The second kappa shape index (κ2) is 10.0. The molecule has 0 atom stereocenters. The van der Waals surface area contributed by atoms with E-state index in [-0.39, 0.29) is 28.1 Å². The predicted octanol–water partition coefficient (Wildman–Crippen LogP) is 4.34. The van der Waals surface area contributed by atoms with E-state index in [0.717, 1.165) is 0 Å². The number of sulfonamides is 1. The smallest absolute Gasteiger partial charge is 0.263 e. The Kier molecular flexibility index (Phi) is 7.35. The van der Waals surface area contributed by atoms with E-state index in [1.807, 2.05) is 0 Å². The third-order valence-electron chi connectivity index (χ3n) is 4.69. The van der Waals surface area contributed by atoms with Gasteiger partial charge in [-0.15, -0.1) is 11.6 Å². The van der Waals surface area contributed by atoms with Crippen molar-refractivity contribution in [3.05, 3.63) is 78.6 Å². The summed E-state index contributed by atoms with van der Waals surface area (Å²) in [4.78, 5) is 28.5. The van der Waals surface area contributed by atoms with Crippen LogP contribution >= 0.6 is 11.6 Å². The van der Waals surface area contributed by atoms with Gasteiger partial charge in [-0.2, -0.15) is 0 Å². The molecule has 1 heterocycles. The Morgan fingerprint density at radius 2 is 1.61 bits per heavy atom. The van der Waals surface area contributed by atoms with Crippen molar-refractivity contribution in [2.75, 3.05) is 21.2 Å². The van der Waals surface area contributed by atoms with Gasteiger partial charge in [-0.25, -0.2) is 8.42 Å². The van der Waals surface area contributed by atoms with Gasteiger partial charge in [0.05, 0.1) is 16.7 Å². The number of amides is 2. The molecule has 0 aliphatic carbocycles. The second-order valence-electron chi connectivity index (χ2n) is 7.85. The van der Waals surface area contributed by atoms with Crippen LogP contribution in [0.1, 0.15) is 24.2 Å². The van der Waals surface area contributed by atoms with Gasteiger partial charge in [-0.1, -0.05) is 12.1 Å². The number of aromatic nitrogens is 1. The van der Waals surface area contributed by atoms with Crippen LogP contribution in [0.25, 0.3) is 0 Å². The van der Waals surface area contributed by atoms with Crippen molar-refractivity contribution in [2.45, 2.75) is 18.7 Å². The molecule has 0 aliphatic heterocycles. The highest BCUT2D eigenvalue weighted by atomic mass is 35.5. The van der Waals surface area contributed by atoms with E-state index in [1.165, 1.54) is 36.7 Å². The number of nitrogens with zero attached hydrogens (tertiary/aromatic N) is 1. The van der Waals surface area contributed by atoms with Gasteiger partial charge >= 0.3 is 0 Å². The molecule has 2 amide bonds. The summed E-state index contributed by atoms with van der Waals surface area (Å²) in [5, 5.41) is 5.36. The highest BCUT2D eigenvalue weighted by Crippen LogP contribution is 2.26. The molecule has 10 heteroatoms. The Morgan fingerprint density at radius 1 is 0.939 bits per heavy atom. The quantitative estimate of drug-likeness (QED) is 0.409. The van der Waals surface area contributed by atoms with Crippen molar-refractivity contribution in [3.8, 4) is 0 Å². The lowest BCUT2D eigenvalue weighted by Gasteiger charge is -2.20. The fourth-order valence-corrected chi connectivity index (χ4v) is 4.03. The van der Waals surface area contributed by atoms with Crippen LogP contribution in [0, 0.1) is 5.41 Å². The molecule has 0 unspecified atom stereocenters. The van der Waals surface area contributed by atoms with Crippen molar-refractivity contribution in [1.82, 2.24) is 4.98 Å². The SMILES string of the molecule is CC(C)(CCl)C(=O)Nc1ccc(NS(=O)(=O)c2ccccc2NC(=O)c2cccnc2)cc1. The average Bonchev–Trinajstić information content (AvgIpc) is 2.81. The summed E-state index contributed by atoms with van der Waals surface area (Å²) in [6.45, 7) is 3.45. The van der Waals surface area contributed by atoms with Gasteiger partial charge in [0, 0.05) is 29.6 Å². The molecule has 0 saturated heterocycles. The van der Waals surface area contributed by atoms with E-state index in [0.29, 0.717) is 11.3 Å². The normalized spacial score (nSPS) is 11.5. The molecule has 172 valence electrons. The van der Waals surface area contributed by atoms with Crippen LogP contribution in [0.3, 0.4) is 0 Å². The van der Waals surface area contributed by atoms with E-state index in [1.54, 1.807) is 50.2 Å². The highest BCUT2D eigenvalue weighted by Gasteiger charge is 2.26. The number of hydrogen-bond donors (Lipinski definition) is 3. The molecule has 33 heavy (non-hydrogen) atoms. The Balaban J connectivity index is 1.76. The number of rotatable bonds is 8. The number of halogens is 1. The topological polar surface area (TPSA) is 117 Å². The van der Waals surface area contributed by atoms with Gasteiger partial charge in [-0.05, 0) is 62.4 Å². The van der Waals surface area contributed by atoms with Crippen LogP contribution in [0.15, 0.2) is 78.0 Å². The first-order valence-electron chi connectivity index (χ1n) is 9.93. The lowest BCUT2D eigenvalue weighted by Crippen LogP contribution is -2.32. The van der Waals surface area contributed by atoms with Gasteiger partial charge in [0.1, 0.15) is 4.90 Å². The van der Waals surface area contributed by atoms with E-state index in [9.17, 15) is 18.0 Å². The summed E-state index contributed by atoms with van der Waals surface area (Å²) < 4.78 is 28.5. The molecule has 0 aliphatic rings. The lowest BCUT2D eigenvalue weighted by molar-refractivity contribution is -0.122. The molecule has 2 aromatic carbocycles. The molecular formula is C23H23ClN4O4S. The van der Waals surface area contributed by atoms with Crippen molar-refractivity contribution < 1.29 is 18.0 Å². The minimum absolute atomic E-state index is 0.0940. The minimum atomic E-state index is -4.02. The molecule has 8 nitrogen and oxygen atoms in total. The van der Waals surface area contributed by atoms with E-state index in [4.69, 9.17) is 11.6 Å². The van der Waals surface area contributed by atoms with Crippen LogP contribution in [-0.4, -0.2) is 31.1 Å². The fourth-order valence-electron chi connectivity index (χ4n) is 2.69. The maximum Gasteiger partial charge on any atom is 0.263 e. The Morgan fingerprint density at radius 3 is 2.24 bits per heavy atom. The maximum absolute atomic E-state index is 13.0. The summed E-state index contributed by atoms with van der Waals surface area (Å²) in [5.74, 6) is -0.567. The lowest BCUT2D eigenvalue weighted by atomic mass is 9.95. The number of anilines is 3. The maximum atomic E-state index is 13.0. The molecule has 0 radical (unpaired) electrons. The number of para-hydroxylation sites is 1. The number of carbonyl (C=O) groups excluding carboxylic acids is 2. The second-order valence-corrected chi connectivity index (χ2v) is 9.76. The van der Waals surface area contributed by atoms with Gasteiger partial charge in [-0.3, -0.25) is 19.3 Å². The van der Waals surface area contributed by atoms with Crippen LogP contribution in [0.2, 0.25) is 0 Å². The Labute approximate surface area is 197 Å². The van der Waals surface area contributed by atoms with Crippen molar-refractivity contribution in [2.24, 2.45) is 5.41 Å². The van der Waals surface area contributed by atoms with Crippen molar-refractivity contribution in [3.63, 3.8) is 0 Å². The number of alkyl halides is 1. The highest BCUT2D eigenvalue weighted by molar-refractivity contribution is 7.92. The zero-order chi connectivity index (χ0) is 24.1. The molecule has 3 N–H and O–H groups in total. The first-order valence-corrected chi connectivity index (χ1v) is 11.9. The monoisotopic (exact) mass is 486 g/mol. The van der Waals surface area contributed by atoms with E-state index in [2.05, 4.69) is 20.3 Å². The first-order chi connectivity index (χ1) is 15.6. The van der Waals surface area contributed by atoms with Gasteiger partial charge in [0.25, 0.3) is 15.9 Å². The number of nitrogens with one attached hydrogen (secondary N) is 3. The van der Waals surface area contributed by atoms with E-state index >= 15 is 0 Å². The average molecular weight is 487 g/mol. The number of carbonyl (C=O) groups is 2. The zero-order valence-electron chi connectivity index (χ0n) is 18.0. The van der Waals surface area contributed by atoms with Gasteiger partial charge < -0.3 is 10.6 Å². The van der Waals surface area contributed by atoms with Crippen LogP contribution in [-0.2, 0) is 14.8 Å². The summed E-state index contributed by atoms with van der Waals surface area (Å²) in [6, 6.07) is 15.5. The molecule has 0 fully saturated rings. The number of pyridine rings is 1. The molecule has 0 spiro atoms. The van der Waals surface area contributed by atoms with E-state index < -0.39 is 21.3 Å². The van der Waals surface area contributed by atoms with Crippen molar-refractivity contribution in [1.29, 1.82) is 0 Å². The molecule has 3 rings (SSSR count). The standard InChI is InChI=1S/C23H23ClN4O4S/c1-23(2,15-24)22(30)26-17-9-11-18(12-10-17)28-33(31,32)20-8-4-3-7-19(20)27-21(29)16-6-5-13-25-14-16/h3-14,28H,15H2,1-2H3,(H,26,30)(H,27,29). The Bertz CT molecular complexity index is 1250. The molecule has 3 aromatic rings. The largest absolute Gasteiger partial charge is 0.326 e.